The Morgan fingerprint density at radius 2 is 2.07 bits per heavy atom. The third-order valence-electron chi connectivity index (χ3n) is 1.69. The van der Waals surface area contributed by atoms with Crippen LogP contribution in [-0.2, 0) is 14.3 Å². The molecule has 1 rings (SSSR count). The summed E-state index contributed by atoms with van der Waals surface area (Å²) >= 11 is 0. The van der Waals surface area contributed by atoms with Crippen molar-refractivity contribution in [3.63, 3.8) is 0 Å². The summed E-state index contributed by atoms with van der Waals surface area (Å²) < 4.78 is 4.36. The number of esters is 2. The molecule has 1 aliphatic rings. The van der Waals surface area contributed by atoms with Gasteiger partial charge in [0, 0.05) is 5.57 Å². The molecule has 1 saturated heterocycles. The second-order valence-electron chi connectivity index (χ2n) is 2.71. The lowest BCUT2D eigenvalue weighted by Gasteiger charge is -1.92. The molecule has 0 N–H and O–H groups in total. The molecule has 3 heteroatoms. The van der Waals surface area contributed by atoms with Gasteiger partial charge in [-0.05, 0) is 11.6 Å². The van der Waals surface area contributed by atoms with Crippen LogP contribution in [-0.4, -0.2) is 11.9 Å². The van der Waals surface area contributed by atoms with Crippen LogP contribution in [0.15, 0.2) is 48.6 Å². The number of ether oxygens (including phenoxy) is 1. The Bertz CT molecular complexity index is 359. The van der Waals surface area contributed by atoms with E-state index >= 15 is 0 Å². The van der Waals surface area contributed by atoms with E-state index in [1.807, 2.05) is 0 Å². The molecule has 3 nitrogen and oxygen atoms in total. The molecule has 0 radical (unpaired) electrons. The Labute approximate surface area is 82.1 Å². The minimum atomic E-state index is -0.577. The van der Waals surface area contributed by atoms with Gasteiger partial charge in [0.1, 0.15) is 0 Å². The fourth-order valence-corrected chi connectivity index (χ4v) is 1.05. The van der Waals surface area contributed by atoms with Crippen LogP contribution in [0.25, 0.3) is 0 Å². The van der Waals surface area contributed by atoms with Crippen LogP contribution in [0.4, 0.5) is 0 Å². The van der Waals surface area contributed by atoms with Crippen molar-refractivity contribution in [2.45, 2.75) is 6.42 Å². The van der Waals surface area contributed by atoms with Gasteiger partial charge in [-0.1, -0.05) is 31.4 Å². The predicted octanol–water partition coefficient (Wildman–Crippen LogP) is 1.68. The highest BCUT2D eigenvalue weighted by molar-refractivity contribution is 6.06. The molecular weight excluding hydrogens is 180 g/mol. The summed E-state index contributed by atoms with van der Waals surface area (Å²) in [6.45, 7) is 7.09. The van der Waals surface area contributed by atoms with Crippen molar-refractivity contribution in [2.24, 2.45) is 0 Å². The molecule has 1 fully saturated rings. The van der Waals surface area contributed by atoms with Crippen LogP contribution in [0.3, 0.4) is 0 Å². The maximum atomic E-state index is 11.0. The highest BCUT2D eigenvalue weighted by atomic mass is 16.6. The normalized spacial score (nSPS) is 19.7. The zero-order valence-corrected chi connectivity index (χ0v) is 7.66. The Hall–Kier alpha value is -1.90. The summed E-state index contributed by atoms with van der Waals surface area (Å²) in [4.78, 5) is 21.8. The lowest BCUT2D eigenvalue weighted by atomic mass is 10.1. The van der Waals surface area contributed by atoms with E-state index in [4.69, 9.17) is 0 Å². The van der Waals surface area contributed by atoms with E-state index < -0.39 is 11.9 Å². The molecule has 0 aromatic rings. The first-order valence-electron chi connectivity index (χ1n) is 4.08. The minimum absolute atomic E-state index is 0.0289. The van der Waals surface area contributed by atoms with Gasteiger partial charge in [0.25, 0.3) is 0 Å². The van der Waals surface area contributed by atoms with Gasteiger partial charge < -0.3 is 4.74 Å². The zero-order valence-electron chi connectivity index (χ0n) is 7.66. The van der Waals surface area contributed by atoms with Crippen molar-refractivity contribution in [1.82, 2.24) is 0 Å². The molecule has 0 bridgehead atoms. The maximum Gasteiger partial charge on any atom is 0.342 e. The lowest BCUT2D eigenvalue weighted by molar-refractivity contribution is -0.151. The third kappa shape index (κ3) is 2.29. The Balaban J connectivity index is 2.92. The molecule has 0 unspecified atom stereocenters. The zero-order chi connectivity index (χ0) is 10.6. The van der Waals surface area contributed by atoms with Gasteiger partial charge in [-0.25, -0.2) is 4.79 Å². The number of carbonyl (C=O) groups is 2. The van der Waals surface area contributed by atoms with E-state index in [0.717, 1.165) is 5.57 Å². The molecule has 0 aromatic heterocycles. The number of rotatable bonds is 3. The second-order valence-corrected chi connectivity index (χ2v) is 2.71. The number of carbonyl (C=O) groups excluding carboxylic acids is 2. The van der Waals surface area contributed by atoms with Crippen LogP contribution in [0.1, 0.15) is 6.42 Å². The summed E-state index contributed by atoms with van der Waals surface area (Å²) in [5.41, 5.74) is 1.07. The smallest absolute Gasteiger partial charge is 0.342 e. The van der Waals surface area contributed by atoms with Crippen molar-refractivity contribution in [3.05, 3.63) is 48.6 Å². The number of hydrogen-bond donors (Lipinski definition) is 0. The third-order valence-corrected chi connectivity index (χ3v) is 1.69. The van der Waals surface area contributed by atoms with Crippen LogP contribution < -0.4 is 0 Å². The first kappa shape index (κ1) is 10.2. The van der Waals surface area contributed by atoms with E-state index in [1.54, 1.807) is 24.3 Å². The largest absolute Gasteiger partial charge is 0.389 e. The summed E-state index contributed by atoms with van der Waals surface area (Å²) in [6, 6.07) is 0. The van der Waals surface area contributed by atoms with Gasteiger partial charge in [0.2, 0.25) is 0 Å². The molecule has 0 atom stereocenters. The Kier molecular flexibility index (Phi) is 3.18. The van der Waals surface area contributed by atoms with Crippen molar-refractivity contribution >= 4 is 11.9 Å². The highest BCUT2D eigenvalue weighted by Crippen LogP contribution is 2.17. The fourth-order valence-electron chi connectivity index (χ4n) is 1.05. The van der Waals surface area contributed by atoms with E-state index in [-0.39, 0.29) is 6.42 Å². The molecule has 1 heterocycles. The quantitative estimate of drug-likeness (QED) is 0.294. The molecule has 0 amide bonds. The van der Waals surface area contributed by atoms with Crippen LogP contribution in [0.2, 0.25) is 0 Å². The molecule has 72 valence electrons. The minimum Gasteiger partial charge on any atom is -0.389 e. The Morgan fingerprint density at radius 1 is 1.36 bits per heavy atom. The fraction of sp³-hybridized carbons (Fsp3) is 0.0909. The maximum absolute atomic E-state index is 11.0. The van der Waals surface area contributed by atoms with Gasteiger partial charge in [-0.15, -0.1) is 0 Å². The highest BCUT2D eigenvalue weighted by Gasteiger charge is 2.26. The van der Waals surface area contributed by atoms with Gasteiger partial charge in [-0.3, -0.25) is 4.79 Å². The average Bonchev–Trinajstić information content (AvgIpc) is 2.44. The second kappa shape index (κ2) is 4.37. The number of cyclic esters (lactones) is 2. The predicted molar refractivity (Wildman–Crippen MR) is 52.3 cm³/mol. The van der Waals surface area contributed by atoms with Gasteiger partial charge in [-0.2, -0.15) is 0 Å². The molecule has 0 spiro atoms. The molecule has 14 heavy (non-hydrogen) atoms. The van der Waals surface area contributed by atoms with Gasteiger partial charge in [0.05, 0.1) is 6.42 Å². The average molecular weight is 190 g/mol. The summed E-state index contributed by atoms with van der Waals surface area (Å²) in [5.74, 6) is -1.09. The SMILES string of the molecule is C=C/C=C(C=C)/C=C1/CC(=O)OC1=O. The van der Waals surface area contributed by atoms with Crippen LogP contribution in [0, 0.1) is 0 Å². The monoisotopic (exact) mass is 190 g/mol. The summed E-state index contributed by atoms with van der Waals surface area (Å²) in [6.07, 6.45) is 6.44. The molecule has 0 aromatic carbocycles. The van der Waals surface area contributed by atoms with Crippen molar-refractivity contribution in [3.8, 4) is 0 Å². The molecule has 1 aliphatic heterocycles. The van der Waals surface area contributed by atoms with E-state index in [1.165, 1.54) is 0 Å². The number of allylic oxidation sites excluding steroid dienone is 5. The van der Waals surface area contributed by atoms with E-state index in [9.17, 15) is 9.59 Å². The lowest BCUT2D eigenvalue weighted by Crippen LogP contribution is -1.97. The van der Waals surface area contributed by atoms with Crippen molar-refractivity contribution < 1.29 is 14.3 Å². The van der Waals surface area contributed by atoms with Crippen molar-refractivity contribution in [1.29, 1.82) is 0 Å². The first-order valence-corrected chi connectivity index (χ1v) is 4.08. The first-order chi connectivity index (χ1) is 6.67. The van der Waals surface area contributed by atoms with Crippen LogP contribution in [0.5, 0.6) is 0 Å². The van der Waals surface area contributed by atoms with Crippen molar-refractivity contribution in [2.75, 3.05) is 0 Å². The van der Waals surface area contributed by atoms with Gasteiger partial charge >= 0.3 is 11.9 Å². The summed E-state index contributed by atoms with van der Waals surface area (Å²) in [7, 11) is 0. The molecule has 0 aliphatic carbocycles. The van der Waals surface area contributed by atoms with E-state index in [0.29, 0.717) is 5.57 Å². The standard InChI is InChI=1S/C11H10O3/c1-3-5-8(4-2)6-9-7-10(12)14-11(9)13/h3-6H,1-2,7H2/b8-5+,9-6-. The molecular formula is C11H10O3. The van der Waals surface area contributed by atoms with Crippen LogP contribution >= 0.6 is 0 Å². The molecule has 0 saturated carbocycles. The van der Waals surface area contributed by atoms with E-state index in [2.05, 4.69) is 17.9 Å². The number of hydrogen-bond acceptors (Lipinski definition) is 3. The van der Waals surface area contributed by atoms with Gasteiger partial charge in [0.15, 0.2) is 0 Å². The topological polar surface area (TPSA) is 43.4 Å². The summed E-state index contributed by atoms with van der Waals surface area (Å²) in [5, 5.41) is 0. The Morgan fingerprint density at radius 3 is 2.50 bits per heavy atom.